The lowest BCUT2D eigenvalue weighted by atomic mass is 9.70. The molecular weight excluding hydrogens is 431 g/mol. The van der Waals surface area contributed by atoms with Gasteiger partial charge in [0.1, 0.15) is 11.9 Å². The van der Waals surface area contributed by atoms with Crippen LogP contribution >= 0.6 is 23.5 Å². The molecule has 0 aromatic heterocycles. The Labute approximate surface area is 192 Å². The molecule has 1 aromatic carbocycles. The van der Waals surface area contributed by atoms with Gasteiger partial charge < -0.3 is 9.84 Å². The minimum atomic E-state index is -0.651. The summed E-state index contributed by atoms with van der Waals surface area (Å²) in [4.78, 5) is 11.8. The third-order valence-electron chi connectivity index (χ3n) is 6.40. The summed E-state index contributed by atoms with van der Waals surface area (Å²) in [6.07, 6.45) is 6.68. The number of cyclic esters (lactones) is 1. The first-order valence-electron chi connectivity index (χ1n) is 11.0. The van der Waals surface area contributed by atoms with E-state index in [1.807, 2.05) is 25.1 Å². The number of aliphatic hydroxyl groups excluding tert-OH is 1. The monoisotopic (exact) mass is 462 g/mol. The van der Waals surface area contributed by atoms with Crippen molar-refractivity contribution in [2.45, 2.75) is 69.2 Å². The van der Waals surface area contributed by atoms with Gasteiger partial charge in [0.2, 0.25) is 0 Å². The van der Waals surface area contributed by atoms with E-state index in [0.29, 0.717) is 12.0 Å². The van der Waals surface area contributed by atoms with Crippen LogP contribution in [0.4, 0.5) is 4.39 Å². The lowest BCUT2D eigenvalue weighted by molar-refractivity contribution is -0.156. The molecule has 1 aliphatic carbocycles. The largest absolute Gasteiger partial charge is 0.458 e. The van der Waals surface area contributed by atoms with Crippen molar-refractivity contribution in [1.82, 2.24) is 0 Å². The highest BCUT2D eigenvalue weighted by molar-refractivity contribution is 8.18. The molecule has 6 heteroatoms. The second-order valence-electron chi connectivity index (χ2n) is 9.54. The molecule has 2 heterocycles. The van der Waals surface area contributed by atoms with Gasteiger partial charge in [-0.3, -0.25) is 4.79 Å². The minimum absolute atomic E-state index is 0.0651. The lowest BCUT2D eigenvalue weighted by Crippen LogP contribution is -2.37. The van der Waals surface area contributed by atoms with Gasteiger partial charge in [-0.25, -0.2) is 4.39 Å². The van der Waals surface area contributed by atoms with Crippen molar-refractivity contribution in [3.05, 3.63) is 52.9 Å². The molecule has 4 rings (SSSR count). The Hall–Kier alpha value is -1.24. The predicted octanol–water partition coefficient (Wildman–Crippen LogP) is 5.90. The number of ether oxygens (including phenoxy) is 1. The van der Waals surface area contributed by atoms with Crippen LogP contribution in [-0.4, -0.2) is 38.9 Å². The molecule has 3 aliphatic rings. The SMILES string of the molecule is Cc1cc(C2=C(C=C[C@@H]3C[C@@H](O)CC(=O)O3)C(C)(C)CC3(C2)SCCCS3)ccc1F. The van der Waals surface area contributed by atoms with Crippen LogP contribution < -0.4 is 0 Å². The van der Waals surface area contributed by atoms with Gasteiger partial charge in [-0.1, -0.05) is 26.0 Å². The van der Waals surface area contributed by atoms with Crippen LogP contribution in [0.15, 0.2) is 35.9 Å². The summed E-state index contributed by atoms with van der Waals surface area (Å²) in [5.74, 6) is 1.82. The quantitative estimate of drug-likeness (QED) is 0.567. The molecule has 168 valence electrons. The number of hydrogen-bond acceptors (Lipinski definition) is 5. The van der Waals surface area contributed by atoms with E-state index < -0.39 is 12.2 Å². The van der Waals surface area contributed by atoms with Crippen molar-refractivity contribution in [2.24, 2.45) is 5.41 Å². The third-order valence-corrected chi connectivity index (χ3v) is 9.73. The third kappa shape index (κ3) is 5.07. The highest BCUT2D eigenvalue weighted by atomic mass is 32.2. The second kappa shape index (κ2) is 8.95. The van der Waals surface area contributed by atoms with Gasteiger partial charge in [-0.2, -0.15) is 0 Å². The van der Waals surface area contributed by atoms with Crippen molar-refractivity contribution in [3.63, 3.8) is 0 Å². The fourth-order valence-electron chi connectivity index (χ4n) is 4.97. The van der Waals surface area contributed by atoms with Crippen LogP contribution in [0.2, 0.25) is 0 Å². The zero-order valence-corrected chi connectivity index (χ0v) is 20.1. The van der Waals surface area contributed by atoms with Crippen molar-refractivity contribution in [3.8, 4) is 0 Å². The van der Waals surface area contributed by atoms with Crippen molar-refractivity contribution in [1.29, 1.82) is 0 Å². The maximum Gasteiger partial charge on any atom is 0.309 e. The van der Waals surface area contributed by atoms with Crippen LogP contribution in [-0.2, 0) is 9.53 Å². The molecule has 1 spiro atoms. The molecule has 0 bridgehead atoms. The number of carbonyl (C=O) groups excluding carboxylic acids is 1. The summed E-state index contributed by atoms with van der Waals surface area (Å²) in [6, 6.07) is 5.41. The Morgan fingerprint density at radius 2 is 2.00 bits per heavy atom. The molecule has 1 aromatic rings. The fraction of sp³-hybridized carbons (Fsp3) is 0.560. The summed E-state index contributed by atoms with van der Waals surface area (Å²) in [7, 11) is 0. The highest BCUT2D eigenvalue weighted by Gasteiger charge is 2.45. The van der Waals surface area contributed by atoms with E-state index >= 15 is 0 Å². The number of rotatable bonds is 3. The zero-order valence-electron chi connectivity index (χ0n) is 18.4. The molecule has 2 saturated heterocycles. The van der Waals surface area contributed by atoms with Crippen molar-refractivity contribution < 1.29 is 19.0 Å². The van der Waals surface area contributed by atoms with Crippen molar-refractivity contribution in [2.75, 3.05) is 11.5 Å². The number of esters is 1. The molecule has 0 saturated carbocycles. The predicted molar refractivity (Wildman–Crippen MR) is 128 cm³/mol. The van der Waals surface area contributed by atoms with Gasteiger partial charge in [0, 0.05) is 6.42 Å². The zero-order chi connectivity index (χ0) is 22.2. The van der Waals surface area contributed by atoms with E-state index in [9.17, 15) is 14.3 Å². The van der Waals surface area contributed by atoms with E-state index in [2.05, 4.69) is 43.4 Å². The van der Waals surface area contributed by atoms with E-state index in [-0.39, 0.29) is 27.7 Å². The highest BCUT2D eigenvalue weighted by Crippen LogP contribution is 2.59. The Morgan fingerprint density at radius 1 is 1.26 bits per heavy atom. The van der Waals surface area contributed by atoms with E-state index in [0.717, 1.165) is 18.4 Å². The molecule has 1 N–H and O–H groups in total. The van der Waals surface area contributed by atoms with Crippen LogP contribution in [0.1, 0.15) is 57.1 Å². The van der Waals surface area contributed by atoms with Gasteiger partial charge in [-0.05, 0) is 83.6 Å². The lowest BCUT2D eigenvalue weighted by Gasteiger charge is -2.48. The van der Waals surface area contributed by atoms with Gasteiger partial charge in [-0.15, -0.1) is 23.5 Å². The van der Waals surface area contributed by atoms with Gasteiger partial charge in [0.05, 0.1) is 16.6 Å². The molecule has 2 aliphatic heterocycles. The second-order valence-corrected chi connectivity index (χ2v) is 12.8. The molecule has 0 radical (unpaired) electrons. The maximum atomic E-state index is 14.0. The Balaban J connectivity index is 1.76. The van der Waals surface area contributed by atoms with Gasteiger partial charge in [0.25, 0.3) is 0 Å². The summed E-state index contributed by atoms with van der Waals surface area (Å²) in [6.45, 7) is 6.37. The summed E-state index contributed by atoms with van der Waals surface area (Å²) in [5, 5.41) is 9.95. The van der Waals surface area contributed by atoms with Crippen LogP contribution in [0, 0.1) is 18.2 Å². The first kappa shape index (κ1) is 22.9. The molecular formula is C25H31FO3S2. The van der Waals surface area contributed by atoms with Gasteiger partial charge >= 0.3 is 5.97 Å². The number of aryl methyl sites for hydroxylation is 1. The summed E-state index contributed by atoms with van der Waals surface area (Å²) in [5.41, 5.74) is 4.10. The number of benzene rings is 1. The smallest absolute Gasteiger partial charge is 0.309 e. The molecule has 2 atom stereocenters. The molecule has 2 fully saturated rings. The normalized spacial score (nSPS) is 28.2. The van der Waals surface area contributed by atoms with E-state index in [1.165, 1.54) is 29.1 Å². The Bertz CT molecular complexity index is 915. The molecule has 3 nitrogen and oxygen atoms in total. The molecule has 31 heavy (non-hydrogen) atoms. The summed E-state index contributed by atoms with van der Waals surface area (Å²) >= 11 is 4.14. The van der Waals surface area contributed by atoms with Crippen LogP contribution in [0.3, 0.4) is 0 Å². The average molecular weight is 463 g/mol. The molecule has 0 amide bonds. The number of halogens is 1. The van der Waals surface area contributed by atoms with Crippen LogP contribution in [0.5, 0.6) is 0 Å². The number of aliphatic hydroxyl groups is 1. The van der Waals surface area contributed by atoms with E-state index in [1.54, 1.807) is 6.07 Å². The molecule has 0 unspecified atom stereocenters. The number of carbonyl (C=O) groups is 1. The maximum absolute atomic E-state index is 14.0. The fourth-order valence-corrected chi connectivity index (χ4v) is 8.73. The van der Waals surface area contributed by atoms with Crippen molar-refractivity contribution >= 4 is 35.1 Å². The Kier molecular flexibility index (Phi) is 6.62. The first-order chi connectivity index (χ1) is 14.7. The number of hydrogen-bond donors (Lipinski definition) is 1. The standard InChI is InChI=1S/C25H31FO3S2/c1-16-11-17(5-8-22(16)26)20-14-25(30-9-4-10-31-25)15-24(2,3)21(20)7-6-19-12-18(27)13-23(28)29-19/h5-8,11,18-19,27H,4,9-10,12-15H2,1-3H3/t18-,19-/m1/s1. The number of allylic oxidation sites excluding steroid dienone is 3. The van der Waals surface area contributed by atoms with Crippen LogP contribution in [0.25, 0.3) is 5.57 Å². The van der Waals surface area contributed by atoms with E-state index in [4.69, 9.17) is 4.74 Å². The topological polar surface area (TPSA) is 46.5 Å². The minimum Gasteiger partial charge on any atom is -0.458 e. The Morgan fingerprint density at radius 3 is 2.68 bits per heavy atom. The summed E-state index contributed by atoms with van der Waals surface area (Å²) < 4.78 is 19.6. The first-order valence-corrected chi connectivity index (χ1v) is 13.0. The number of thioether (sulfide) groups is 2. The average Bonchev–Trinajstić information content (AvgIpc) is 2.68. The van der Waals surface area contributed by atoms with Gasteiger partial charge in [0.15, 0.2) is 0 Å².